The molecule has 0 atom stereocenters. The number of nitrogens with two attached hydrogens (primary N) is 1. The van der Waals surface area contributed by atoms with E-state index >= 15 is 0 Å². The normalized spacial score (nSPS) is 11.2. The number of rotatable bonds is 3. The molecule has 7 nitrogen and oxygen atoms in total. The first-order valence-corrected chi connectivity index (χ1v) is 5.25. The van der Waals surface area contributed by atoms with E-state index < -0.39 is 16.1 Å². The summed E-state index contributed by atoms with van der Waals surface area (Å²) in [5.74, 6) is 0. The van der Waals surface area contributed by atoms with Crippen molar-refractivity contribution in [2.24, 2.45) is 5.73 Å². The van der Waals surface area contributed by atoms with E-state index in [-0.39, 0.29) is 11.6 Å². The molecule has 0 aliphatic carbocycles. The van der Waals surface area contributed by atoms with E-state index in [0.29, 0.717) is 4.31 Å². The van der Waals surface area contributed by atoms with Gasteiger partial charge in [-0.1, -0.05) is 0 Å². The molecule has 0 spiro atoms. The molecule has 0 bridgehead atoms. The molecule has 0 fully saturated rings. The van der Waals surface area contributed by atoms with Gasteiger partial charge in [-0.3, -0.25) is 5.10 Å². The number of sulfonamides is 1. The van der Waals surface area contributed by atoms with E-state index in [1.807, 2.05) is 0 Å². The predicted octanol–water partition coefficient (Wildman–Crippen LogP) is -0.501. The summed E-state index contributed by atoms with van der Waals surface area (Å²) in [7, 11) is -3.87. The van der Waals surface area contributed by atoms with Gasteiger partial charge in [0.15, 0.2) is 5.03 Å². The van der Waals surface area contributed by atoms with Gasteiger partial charge in [0.05, 0.1) is 6.20 Å². The van der Waals surface area contributed by atoms with Gasteiger partial charge in [0.1, 0.15) is 0 Å². The Bertz CT molecular complexity index is 410. The Balaban J connectivity index is 3.13. The van der Waals surface area contributed by atoms with Crippen molar-refractivity contribution in [3.63, 3.8) is 0 Å². The molecule has 2 amide bonds. The fraction of sp³-hybridized carbons (Fsp3) is 0.333. The summed E-state index contributed by atoms with van der Waals surface area (Å²) in [4.78, 5) is 10.8. The average Bonchev–Trinajstić information content (AvgIpc) is 2.55. The number of nitrogens with one attached hydrogen (secondary N) is 1. The van der Waals surface area contributed by atoms with Crippen LogP contribution >= 0.6 is 0 Å². The molecule has 0 aliphatic heterocycles. The standard InChI is InChI=1S/C6H10N4O3S/c1-2-10(6(7)11)14(12,13)5-3-4-8-9-5/h3-4H,2H2,1H3,(H2,7,11)(H,8,9). The summed E-state index contributed by atoms with van der Waals surface area (Å²) < 4.78 is 23.8. The van der Waals surface area contributed by atoms with Gasteiger partial charge in [-0.2, -0.15) is 13.5 Å². The number of H-pyrrole nitrogens is 1. The summed E-state index contributed by atoms with van der Waals surface area (Å²) in [5, 5.41) is 5.59. The third-order valence-electron chi connectivity index (χ3n) is 1.58. The fourth-order valence-corrected chi connectivity index (χ4v) is 2.16. The lowest BCUT2D eigenvalue weighted by Gasteiger charge is -2.16. The molecular weight excluding hydrogens is 208 g/mol. The minimum atomic E-state index is -3.87. The number of amides is 2. The number of urea groups is 1. The number of hydrogen-bond acceptors (Lipinski definition) is 4. The lowest BCUT2D eigenvalue weighted by Crippen LogP contribution is -2.40. The van der Waals surface area contributed by atoms with Crippen LogP contribution in [0.5, 0.6) is 0 Å². The second-order valence-corrected chi connectivity index (χ2v) is 4.26. The number of carbonyl (C=O) groups is 1. The molecule has 0 radical (unpaired) electrons. The zero-order chi connectivity index (χ0) is 10.8. The van der Waals surface area contributed by atoms with Gasteiger partial charge < -0.3 is 5.73 Å². The number of carbonyl (C=O) groups excluding carboxylic acids is 1. The SMILES string of the molecule is CCN(C(N)=O)S(=O)(=O)c1ccn[nH]1. The number of aromatic nitrogens is 2. The van der Waals surface area contributed by atoms with Gasteiger partial charge in [0.2, 0.25) is 0 Å². The Morgan fingerprint density at radius 3 is 2.71 bits per heavy atom. The van der Waals surface area contributed by atoms with Gasteiger partial charge in [0, 0.05) is 6.54 Å². The maximum atomic E-state index is 11.6. The summed E-state index contributed by atoms with van der Waals surface area (Å²) >= 11 is 0. The lowest BCUT2D eigenvalue weighted by molar-refractivity contribution is 0.233. The van der Waals surface area contributed by atoms with Crippen LogP contribution in [0.25, 0.3) is 0 Å². The van der Waals surface area contributed by atoms with Crippen LogP contribution in [0.1, 0.15) is 6.92 Å². The minimum Gasteiger partial charge on any atom is -0.351 e. The fourth-order valence-electron chi connectivity index (χ4n) is 0.950. The topological polar surface area (TPSA) is 109 Å². The van der Waals surface area contributed by atoms with Crippen LogP contribution in [-0.2, 0) is 10.0 Å². The molecule has 0 saturated heterocycles. The lowest BCUT2D eigenvalue weighted by atomic mass is 10.7. The van der Waals surface area contributed by atoms with Crippen LogP contribution < -0.4 is 5.73 Å². The highest BCUT2D eigenvalue weighted by Gasteiger charge is 2.26. The number of primary amides is 1. The van der Waals surface area contributed by atoms with Crippen molar-refractivity contribution in [1.29, 1.82) is 0 Å². The maximum Gasteiger partial charge on any atom is 0.328 e. The van der Waals surface area contributed by atoms with Crippen LogP contribution in [0.3, 0.4) is 0 Å². The zero-order valence-corrected chi connectivity index (χ0v) is 8.28. The van der Waals surface area contributed by atoms with E-state index in [2.05, 4.69) is 10.2 Å². The molecule has 0 aliphatic rings. The molecule has 0 saturated carbocycles. The Morgan fingerprint density at radius 2 is 2.36 bits per heavy atom. The van der Waals surface area contributed by atoms with Crippen molar-refractivity contribution < 1.29 is 13.2 Å². The highest BCUT2D eigenvalue weighted by Crippen LogP contribution is 2.10. The highest BCUT2D eigenvalue weighted by molar-refractivity contribution is 7.89. The van der Waals surface area contributed by atoms with E-state index in [9.17, 15) is 13.2 Å². The summed E-state index contributed by atoms with van der Waals surface area (Å²) in [5.41, 5.74) is 4.91. The molecule has 1 heterocycles. The first kappa shape index (κ1) is 10.5. The molecule has 14 heavy (non-hydrogen) atoms. The molecule has 0 unspecified atom stereocenters. The van der Waals surface area contributed by atoms with E-state index in [1.165, 1.54) is 19.2 Å². The second-order valence-electron chi connectivity index (χ2n) is 2.43. The Hall–Kier alpha value is -1.57. The van der Waals surface area contributed by atoms with Crippen LogP contribution in [0.4, 0.5) is 4.79 Å². The number of nitrogens with zero attached hydrogens (tertiary/aromatic N) is 2. The van der Waals surface area contributed by atoms with Gasteiger partial charge in [-0.25, -0.2) is 9.10 Å². The molecule has 1 aromatic rings. The molecule has 78 valence electrons. The van der Waals surface area contributed by atoms with Crippen molar-refractivity contribution >= 4 is 16.1 Å². The zero-order valence-electron chi connectivity index (χ0n) is 7.47. The van der Waals surface area contributed by atoms with Gasteiger partial charge in [-0.15, -0.1) is 0 Å². The van der Waals surface area contributed by atoms with Gasteiger partial charge >= 0.3 is 6.03 Å². The first-order valence-electron chi connectivity index (χ1n) is 3.81. The largest absolute Gasteiger partial charge is 0.351 e. The number of hydrogen-bond donors (Lipinski definition) is 2. The van der Waals surface area contributed by atoms with Gasteiger partial charge in [0.25, 0.3) is 10.0 Å². The van der Waals surface area contributed by atoms with Crippen LogP contribution in [0.2, 0.25) is 0 Å². The van der Waals surface area contributed by atoms with Crippen LogP contribution in [0, 0.1) is 0 Å². The van der Waals surface area contributed by atoms with Crippen LogP contribution in [0.15, 0.2) is 17.3 Å². The highest BCUT2D eigenvalue weighted by atomic mass is 32.2. The first-order chi connectivity index (χ1) is 6.50. The van der Waals surface area contributed by atoms with Crippen molar-refractivity contribution in [3.05, 3.63) is 12.3 Å². The van der Waals surface area contributed by atoms with E-state index in [4.69, 9.17) is 5.73 Å². The molecule has 3 N–H and O–H groups in total. The van der Waals surface area contributed by atoms with Crippen molar-refractivity contribution in [2.75, 3.05) is 6.54 Å². The monoisotopic (exact) mass is 218 g/mol. The van der Waals surface area contributed by atoms with E-state index in [1.54, 1.807) is 0 Å². The Morgan fingerprint density at radius 1 is 1.71 bits per heavy atom. The van der Waals surface area contributed by atoms with Crippen molar-refractivity contribution in [1.82, 2.24) is 14.5 Å². The summed E-state index contributed by atoms with van der Waals surface area (Å²) in [6.45, 7) is 1.50. The Kier molecular flexibility index (Phi) is 2.75. The predicted molar refractivity (Wildman–Crippen MR) is 47.7 cm³/mol. The second kappa shape index (κ2) is 3.66. The molecular formula is C6H10N4O3S. The summed E-state index contributed by atoms with van der Waals surface area (Å²) in [6.07, 6.45) is 1.28. The number of aromatic amines is 1. The third kappa shape index (κ3) is 1.69. The molecule has 1 rings (SSSR count). The van der Waals surface area contributed by atoms with Crippen molar-refractivity contribution in [2.45, 2.75) is 11.9 Å². The maximum absolute atomic E-state index is 11.6. The minimum absolute atomic E-state index is 0.0172. The molecule has 8 heteroatoms. The smallest absolute Gasteiger partial charge is 0.328 e. The molecule has 0 aromatic carbocycles. The average molecular weight is 218 g/mol. The van der Waals surface area contributed by atoms with Crippen LogP contribution in [-0.4, -0.2) is 35.5 Å². The third-order valence-corrected chi connectivity index (χ3v) is 3.38. The summed E-state index contributed by atoms with van der Waals surface area (Å²) in [6, 6.07) is 0.239. The Labute approximate surface area is 80.9 Å². The van der Waals surface area contributed by atoms with Gasteiger partial charge in [-0.05, 0) is 13.0 Å². The van der Waals surface area contributed by atoms with E-state index in [0.717, 1.165) is 0 Å². The molecule has 1 aromatic heterocycles. The van der Waals surface area contributed by atoms with Crippen molar-refractivity contribution in [3.8, 4) is 0 Å². The quantitative estimate of drug-likeness (QED) is 0.712.